The first kappa shape index (κ1) is 13.3. The van der Waals surface area contributed by atoms with Crippen LogP contribution in [0.5, 0.6) is 0 Å². The van der Waals surface area contributed by atoms with Gasteiger partial charge in [-0.2, -0.15) is 0 Å². The maximum absolute atomic E-state index is 5.85. The lowest BCUT2D eigenvalue weighted by atomic mass is 9.64. The van der Waals surface area contributed by atoms with Gasteiger partial charge in [0.25, 0.3) is 0 Å². The van der Waals surface area contributed by atoms with Crippen LogP contribution in [0.15, 0.2) is 4.99 Å². The summed E-state index contributed by atoms with van der Waals surface area (Å²) in [5.74, 6) is 0.545. The van der Waals surface area contributed by atoms with Crippen molar-refractivity contribution in [2.45, 2.75) is 59.3 Å². The fourth-order valence-electron chi connectivity index (χ4n) is 2.08. The van der Waals surface area contributed by atoms with E-state index in [9.17, 15) is 0 Å². The Bertz CT molecular complexity index is 261. The molecule has 0 amide bonds. The van der Waals surface area contributed by atoms with Gasteiger partial charge in [0.05, 0.1) is 12.2 Å². The molecule has 16 heavy (non-hydrogen) atoms. The van der Waals surface area contributed by atoms with Gasteiger partial charge in [-0.15, -0.1) is 0 Å². The van der Waals surface area contributed by atoms with Crippen molar-refractivity contribution in [3.63, 3.8) is 0 Å². The quantitative estimate of drug-likeness (QED) is 0.565. The van der Waals surface area contributed by atoms with Crippen LogP contribution in [0.2, 0.25) is 0 Å². The van der Waals surface area contributed by atoms with Crippen molar-refractivity contribution in [1.82, 2.24) is 5.32 Å². The molecule has 4 nitrogen and oxygen atoms in total. The van der Waals surface area contributed by atoms with E-state index in [0.29, 0.717) is 18.1 Å². The van der Waals surface area contributed by atoms with E-state index in [4.69, 9.17) is 10.5 Å². The van der Waals surface area contributed by atoms with Crippen LogP contribution in [0.1, 0.15) is 41.0 Å². The molecule has 94 valence electrons. The molecule has 1 aliphatic rings. The van der Waals surface area contributed by atoms with Gasteiger partial charge in [-0.05, 0) is 27.2 Å². The Morgan fingerprint density at radius 1 is 1.56 bits per heavy atom. The number of rotatable bonds is 4. The fourth-order valence-corrected chi connectivity index (χ4v) is 2.08. The van der Waals surface area contributed by atoms with Crippen molar-refractivity contribution in [2.75, 3.05) is 6.54 Å². The fraction of sp³-hybridized carbons (Fsp3) is 0.917. The normalized spacial score (nSPS) is 29.0. The second-order valence-corrected chi connectivity index (χ2v) is 5.29. The minimum atomic E-state index is 0.123. The third-order valence-electron chi connectivity index (χ3n) is 3.26. The van der Waals surface area contributed by atoms with Crippen LogP contribution < -0.4 is 11.1 Å². The molecule has 4 heteroatoms. The molecule has 0 aliphatic heterocycles. The largest absolute Gasteiger partial charge is 0.375 e. The van der Waals surface area contributed by atoms with Crippen LogP contribution >= 0.6 is 0 Å². The first-order valence-corrected chi connectivity index (χ1v) is 6.09. The van der Waals surface area contributed by atoms with Crippen molar-refractivity contribution >= 4 is 5.96 Å². The van der Waals surface area contributed by atoms with Crippen molar-refractivity contribution < 1.29 is 4.74 Å². The molecule has 2 unspecified atom stereocenters. The Kier molecular flexibility index (Phi) is 4.19. The smallest absolute Gasteiger partial charge is 0.188 e. The number of guanidine groups is 1. The molecule has 0 aromatic rings. The molecule has 0 spiro atoms. The van der Waals surface area contributed by atoms with Crippen LogP contribution in [0.3, 0.4) is 0 Å². The summed E-state index contributed by atoms with van der Waals surface area (Å²) in [6, 6.07) is 0.367. The predicted molar refractivity (Wildman–Crippen MR) is 67.5 cm³/mol. The topological polar surface area (TPSA) is 59.6 Å². The van der Waals surface area contributed by atoms with Crippen LogP contribution in [0.25, 0.3) is 0 Å². The Hall–Kier alpha value is -0.770. The highest BCUT2D eigenvalue weighted by atomic mass is 16.5. The number of ether oxygens (including phenoxy) is 1. The van der Waals surface area contributed by atoms with Gasteiger partial charge in [-0.25, -0.2) is 0 Å². The molecule has 0 radical (unpaired) electrons. The number of hydrogen-bond donors (Lipinski definition) is 2. The maximum atomic E-state index is 5.85. The zero-order valence-electron chi connectivity index (χ0n) is 11.1. The lowest BCUT2D eigenvalue weighted by molar-refractivity contribution is -0.134. The van der Waals surface area contributed by atoms with Crippen molar-refractivity contribution in [3.05, 3.63) is 0 Å². The SMILES string of the molecule is CCN=C(N)NC1CC(OC(C)C)C1(C)C. The molecule has 0 bridgehead atoms. The van der Waals surface area contributed by atoms with Crippen LogP contribution in [0.4, 0.5) is 0 Å². The van der Waals surface area contributed by atoms with Gasteiger partial charge >= 0.3 is 0 Å². The number of nitrogens with two attached hydrogens (primary N) is 1. The zero-order valence-corrected chi connectivity index (χ0v) is 11.1. The van der Waals surface area contributed by atoms with Gasteiger partial charge in [0.15, 0.2) is 5.96 Å². The number of aliphatic imine (C=N–C) groups is 1. The summed E-state index contributed by atoms with van der Waals surface area (Å²) in [5, 5.41) is 3.26. The Labute approximate surface area is 98.6 Å². The van der Waals surface area contributed by atoms with E-state index in [-0.39, 0.29) is 11.5 Å². The number of nitrogens with one attached hydrogen (secondary N) is 1. The van der Waals surface area contributed by atoms with Gasteiger partial charge in [0, 0.05) is 18.0 Å². The molecule has 3 N–H and O–H groups in total. The van der Waals surface area contributed by atoms with E-state index in [2.05, 4.69) is 38.0 Å². The maximum Gasteiger partial charge on any atom is 0.188 e. The highest BCUT2D eigenvalue weighted by Gasteiger charge is 2.49. The number of hydrogen-bond acceptors (Lipinski definition) is 2. The highest BCUT2D eigenvalue weighted by molar-refractivity contribution is 5.78. The lowest BCUT2D eigenvalue weighted by Crippen LogP contribution is -2.63. The summed E-state index contributed by atoms with van der Waals surface area (Å²) in [5.41, 5.74) is 5.88. The van der Waals surface area contributed by atoms with Gasteiger partial charge < -0.3 is 15.8 Å². The summed E-state index contributed by atoms with van der Waals surface area (Å²) in [4.78, 5) is 4.14. The van der Waals surface area contributed by atoms with Crippen molar-refractivity contribution in [1.29, 1.82) is 0 Å². The summed E-state index contributed by atoms with van der Waals surface area (Å²) in [7, 11) is 0. The van der Waals surface area contributed by atoms with Crippen molar-refractivity contribution in [2.24, 2.45) is 16.1 Å². The summed E-state index contributed by atoms with van der Waals surface area (Å²) >= 11 is 0. The molecule has 1 rings (SSSR count). The summed E-state index contributed by atoms with van der Waals surface area (Å²) in [6.45, 7) is 11.3. The second kappa shape index (κ2) is 5.04. The molecule has 1 saturated carbocycles. The van der Waals surface area contributed by atoms with Crippen molar-refractivity contribution in [3.8, 4) is 0 Å². The van der Waals surface area contributed by atoms with E-state index in [1.807, 2.05) is 6.92 Å². The van der Waals surface area contributed by atoms with E-state index in [0.717, 1.165) is 13.0 Å². The highest BCUT2D eigenvalue weighted by Crippen LogP contribution is 2.43. The molecule has 0 heterocycles. The average Bonchev–Trinajstić information content (AvgIpc) is 2.16. The summed E-state index contributed by atoms with van der Waals surface area (Å²) in [6.07, 6.45) is 1.61. The number of nitrogens with zero attached hydrogens (tertiary/aromatic N) is 1. The first-order chi connectivity index (χ1) is 7.37. The molecule has 0 aromatic heterocycles. The van der Waals surface area contributed by atoms with E-state index in [1.165, 1.54) is 0 Å². The summed E-state index contributed by atoms with van der Waals surface area (Å²) < 4.78 is 5.85. The molecule has 0 saturated heterocycles. The third-order valence-corrected chi connectivity index (χ3v) is 3.26. The molecule has 1 aliphatic carbocycles. The molecule has 2 atom stereocenters. The van der Waals surface area contributed by atoms with Crippen LogP contribution in [0, 0.1) is 5.41 Å². The second-order valence-electron chi connectivity index (χ2n) is 5.29. The minimum Gasteiger partial charge on any atom is -0.375 e. The standard InChI is InChI=1S/C12H25N3O/c1-6-14-11(13)15-9-7-10(12(9,4)5)16-8(2)3/h8-10H,6-7H2,1-5H3,(H3,13,14,15). The predicted octanol–water partition coefficient (Wildman–Crippen LogP) is 1.50. The van der Waals surface area contributed by atoms with Gasteiger partial charge in [0.2, 0.25) is 0 Å². The Balaban J connectivity index is 2.47. The molecular weight excluding hydrogens is 202 g/mol. The van der Waals surface area contributed by atoms with Gasteiger partial charge in [-0.1, -0.05) is 13.8 Å². The van der Waals surface area contributed by atoms with Gasteiger partial charge in [0.1, 0.15) is 0 Å². The monoisotopic (exact) mass is 227 g/mol. The molecular formula is C12H25N3O. The Morgan fingerprint density at radius 3 is 2.62 bits per heavy atom. The zero-order chi connectivity index (χ0) is 12.3. The average molecular weight is 227 g/mol. The van der Waals surface area contributed by atoms with Crippen LogP contribution in [-0.2, 0) is 4.74 Å². The first-order valence-electron chi connectivity index (χ1n) is 6.09. The van der Waals surface area contributed by atoms with E-state index in [1.54, 1.807) is 0 Å². The van der Waals surface area contributed by atoms with Crippen LogP contribution in [-0.4, -0.2) is 30.8 Å². The minimum absolute atomic E-state index is 0.123. The third kappa shape index (κ3) is 2.88. The van der Waals surface area contributed by atoms with Gasteiger partial charge in [-0.3, -0.25) is 4.99 Å². The Morgan fingerprint density at radius 2 is 2.19 bits per heavy atom. The lowest BCUT2D eigenvalue weighted by Gasteiger charge is -2.52. The molecule has 0 aromatic carbocycles. The molecule has 1 fully saturated rings. The van der Waals surface area contributed by atoms with E-state index >= 15 is 0 Å². The van der Waals surface area contributed by atoms with E-state index < -0.39 is 0 Å².